The van der Waals surface area contributed by atoms with Crippen LogP contribution in [0.3, 0.4) is 0 Å². The third-order valence-electron chi connectivity index (χ3n) is 4.38. The smallest absolute Gasteiger partial charge is 0.314 e. The average Bonchev–Trinajstić information content (AvgIpc) is 3.46. The lowest BCUT2D eigenvalue weighted by Gasteiger charge is -2.16. The zero-order chi connectivity index (χ0) is 20.2. The molecule has 0 fully saturated rings. The molecule has 0 bridgehead atoms. The summed E-state index contributed by atoms with van der Waals surface area (Å²) in [5.74, 6) is -0.392. The number of fused-ring (bicyclic) bond motifs is 1. The Morgan fingerprint density at radius 2 is 1.93 bits per heavy atom. The van der Waals surface area contributed by atoms with Gasteiger partial charge >= 0.3 is 6.03 Å². The zero-order valence-corrected chi connectivity index (χ0v) is 16.0. The van der Waals surface area contributed by atoms with Crippen LogP contribution in [-0.4, -0.2) is 32.9 Å². The van der Waals surface area contributed by atoms with E-state index in [9.17, 15) is 14.4 Å². The van der Waals surface area contributed by atoms with Gasteiger partial charge in [0.2, 0.25) is 5.91 Å². The number of carbonyl (C=O) groups excluding carboxylic acids is 3. The zero-order valence-electron chi connectivity index (χ0n) is 15.2. The number of nitrogens with one attached hydrogen (secondary N) is 3. The summed E-state index contributed by atoms with van der Waals surface area (Å²) in [7, 11) is 0. The summed E-state index contributed by atoms with van der Waals surface area (Å²) < 4.78 is 0. The minimum atomic E-state index is -0.502. The van der Waals surface area contributed by atoms with Gasteiger partial charge in [-0.15, -0.1) is 11.3 Å². The second-order valence-electron chi connectivity index (χ2n) is 6.35. The standard InChI is InChI=1S/C20H17N5O3S/c26-17(9-8-14-7-4-10-29-14)21-18-15-11-25(12-16(15)23-24-18)20(28)22-19(27)13-5-2-1-3-6-13/h1-10H,11-12H2,(H,22,27,28)(H2,21,23,24,26)/b9-8+. The van der Waals surface area contributed by atoms with Crippen molar-refractivity contribution in [1.29, 1.82) is 0 Å². The molecule has 146 valence electrons. The van der Waals surface area contributed by atoms with E-state index in [1.165, 1.54) is 22.3 Å². The van der Waals surface area contributed by atoms with Gasteiger partial charge < -0.3 is 10.2 Å². The molecule has 3 heterocycles. The fraction of sp³-hybridized carbons (Fsp3) is 0.100. The molecule has 1 aliphatic rings. The van der Waals surface area contributed by atoms with Gasteiger partial charge in [0.25, 0.3) is 5.91 Å². The Kier molecular flexibility index (Phi) is 5.21. The molecule has 9 heteroatoms. The normalized spacial score (nSPS) is 12.8. The van der Waals surface area contributed by atoms with Crippen molar-refractivity contribution in [3.05, 3.63) is 75.6 Å². The van der Waals surface area contributed by atoms with E-state index in [4.69, 9.17) is 0 Å². The molecule has 2 aromatic heterocycles. The third-order valence-corrected chi connectivity index (χ3v) is 5.22. The van der Waals surface area contributed by atoms with Gasteiger partial charge in [-0.1, -0.05) is 24.3 Å². The summed E-state index contributed by atoms with van der Waals surface area (Å²) in [6, 6.07) is 11.8. The Hall–Kier alpha value is -3.72. The average molecular weight is 407 g/mol. The summed E-state index contributed by atoms with van der Waals surface area (Å²) in [5, 5.41) is 14.0. The SMILES string of the molecule is O=C(/C=C/c1cccs1)Nc1n[nH]c2c1CN(C(=O)NC(=O)c1ccccc1)C2. The van der Waals surface area contributed by atoms with E-state index in [1.807, 2.05) is 17.5 Å². The van der Waals surface area contributed by atoms with E-state index in [0.717, 1.165) is 16.1 Å². The van der Waals surface area contributed by atoms with Gasteiger partial charge in [0.1, 0.15) is 0 Å². The summed E-state index contributed by atoms with van der Waals surface area (Å²) in [4.78, 5) is 39.2. The lowest BCUT2D eigenvalue weighted by molar-refractivity contribution is -0.111. The maximum Gasteiger partial charge on any atom is 0.324 e. The van der Waals surface area contributed by atoms with Crippen molar-refractivity contribution in [1.82, 2.24) is 20.4 Å². The first kappa shape index (κ1) is 18.6. The van der Waals surface area contributed by atoms with Crippen molar-refractivity contribution in [2.45, 2.75) is 13.1 Å². The number of hydrogen-bond donors (Lipinski definition) is 3. The van der Waals surface area contributed by atoms with Crippen LogP contribution in [0.1, 0.15) is 26.5 Å². The molecule has 3 aromatic rings. The van der Waals surface area contributed by atoms with Crippen LogP contribution in [0.5, 0.6) is 0 Å². The van der Waals surface area contributed by atoms with Crippen molar-refractivity contribution in [2.24, 2.45) is 0 Å². The topological polar surface area (TPSA) is 107 Å². The highest BCUT2D eigenvalue weighted by Crippen LogP contribution is 2.27. The van der Waals surface area contributed by atoms with Gasteiger partial charge in [-0.3, -0.25) is 20.0 Å². The van der Waals surface area contributed by atoms with E-state index >= 15 is 0 Å². The van der Waals surface area contributed by atoms with Crippen molar-refractivity contribution in [2.75, 3.05) is 5.32 Å². The van der Waals surface area contributed by atoms with Crippen LogP contribution in [0.25, 0.3) is 6.08 Å². The van der Waals surface area contributed by atoms with Gasteiger partial charge in [0, 0.05) is 22.1 Å². The molecular weight excluding hydrogens is 390 g/mol. The van der Waals surface area contributed by atoms with Gasteiger partial charge in [0.15, 0.2) is 5.82 Å². The van der Waals surface area contributed by atoms with Crippen LogP contribution < -0.4 is 10.6 Å². The largest absolute Gasteiger partial charge is 0.324 e. The molecule has 4 rings (SSSR count). The molecule has 0 radical (unpaired) electrons. The van der Waals surface area contributed by atoms with Crippen molar-refractivity contribution < 1.29 is 14.4 Å². The molecule has 1 aliphatic heterocycles. The molecule has 0 saturated carbocycles. The quantitative estimate of drug-likeness (QED) is 0.578. The van der Waals surface area contributed by atoms with E-state index in [1.54, 1.807) is 36.4 Å². The fourth-order valence-electron chi connectivity index (χ4n) is 2.93. The molecule has 0 atom stereocenters. The number of hydrogen-bond acceptors (Lipinski definition) is 5. The highest BCUT2D eigenvalue weighted by atomic mass is 32.1. The van der Waals surface area contributed by atoms with Crippen LogP contribution in [0.4, 0.5) is 10.6 Å². The second-order valence-corrected chi connectivity index (χ2v) is 7.33. The highest BCUT2D eigenvalue weighted by Gasteiger charge is 2.29. The first-order valence-electron chi connectivity index (χ1n) is 8.84. The number of nitrogens with zero attached hydrogens (tertiary/aromatic N) is 2. The molecule has 1 aromatic carbocycles. The van der Waals surface area contributed by atoms with Crippen LogP contribution in [-0.2, 0) is 17.9 Å². The number of aromatic nitrogens is 2. The minimum absolute atomic E-state index is 0.240. The first-order valence-corrected chi connectivity index (χ1v) is 9.72. The lowest BCUT2D eigenvalue weighted by atomic mass is 10.2. The number of rotatable bonds is 4. The summed E-state index contributed by atoms with van der Waals surface area (Å²) in [6.45, 7) is 0.515. The fourth-order valence-corrected chi connectivity index (χ4v) is 3.55. The minimum Gasteiger partial charge on any atom is -0.314 e. The lowest BCUT2D eigenvalue weighted by Crippen LogP contribution is -2.40. The number of thiophene rings is 1. The summed E-state index contributed by atoms with van der Waals surface area (Å²) in [6.07, 6.45) is 3.16. The molecular formula is C20H17N5O3S. The monoisotopic (exact) mass is 407 g/mol. The van der Waals surface area contributed by atoms with Crippen molar-refractivity contribution in [3.63, 3.8) is 0 Å². The number of anilines is 1. The predicted octanol–water partition coefficient (Wildman–Crippen LogP) is 2.99. The first-order chi connectivity index (χ1) is 14.1. The van der Waals surface area contributed by atoms with Gasteiger partial charge in [-0.25, -0.2) is 4.79 Å². The molecule has 8 nitrogen and oxygen atoms in total. The van der Waals surface area contributed by atoms with Crippen molar-refractivity contribution >= 4 is 41.1 Å². The molecule has 0 unspecified atom stereocenters. The van der Waals surface area contributed by atoms with E-state index in [-0.39, 0.29) is 19.0 Å². The van der Waals surface area contributed by atoms with Gasteiger partial charge in [0.05, 0.1) is 18.8 Å². The number of H-pyrrole nitrogens is 1. The molecule has 4 amide bonds. The molecule has 29 heavy (non-hydrogen) atoms. The Bertz CT molecular complexity index is 1070. The Morgan fingerprint density at radius 1 is 1.10 bits per heavy atom. The second kappa shape index (κ2) is 8.11. The molecule has 3 N–H and O–H groups in total. The number of urea groups is 1. The number of benzene rings is 1. The van der Waals surface area contributed by atoms with E-state index in [0.29, 0.717) is 11.4 Å². The number of amides is 4. The molecule has 0 saturated heterocycles. The predicted molar refractivity (Wildman–Crippen MR) is 109 cm³/mol. The number of imide groups is 1. The Labute approximate surface area is 170 Å². The molecule has 0 spiro atoms. The van der Waals surface area contributed by atoms with E-state index < -0.39 is 11.9 Å². The number of carbonyl (C=O) groups is 3. The van der Waals surface area contributed by atoms with Gasteiger partial charge in [-0.05, 0) is 29.7 Å². The van der Waals surface area contributed by atoms with E-state index in [2.05, 4.69) is 20.8 Å². The summed E-state index contributed by atoms with van der Waals surface area (Å²) >= 11 is 1.53. The van der Waals surface area contributed by atoms with Crippen LogP contribution in [0.15, 0.2) is 53.9 Å². The van der Waals surface area contributed by atoms with Crippen molar-refractivity contribution in [3.8, 4) is 0 Å². The Morgan fingerprint density at radius 3 is 2.69 bits per heavy atom. The van der Waals surface area contributed by atoms with Gasteiger partial charge in [-0.2, -0.15) is 5.10 Å². The number of aromatic amines is 1. The highest BCUT2D eigenvalue weighted by molar-refractivity contribution is 7.10. The van der Waals surface area contributed by atoms with Crippen LogP contribution >= 0.6 is 11.3 Å². The molecule has 0 aliphatic carbocycles. The maximum absolute atomic E-state index is 12.4. The Balaban J connectivity index is 1.36. The van der Waals surface area contributed by atoms with Crippen LogP contribution in [0.2, 0.25) is 0 Å². The van der Waals surface area contributed by atoms with Crippen LogP contribution in [0, 0.1) is 0 Å². The summed E-state index contributed by atoms with van der Waals surface area (Å²) in [5.41, 5.74) is 1.86. The third kappa shape index (κ3) is 4.25. The maximum atomic E-state index is 12.4.